The van der Waals surface area contributed by atoms with Gasteiger partial charge in [-0.1, -0.05) is 30.3 Å². The first-order valence-corrected chi connectivity index (χ1v) is 9.13. The molecule has 4 nitrogen and oxygen atoms in total. The third kappa shape index (κ3) is 3.50. The summed E-state index contributed by atoms with van der Waals surface area (Å²) >= 11 is 1.57. The Balaban J connectivity index is 1.77. The number of fused-ring (bicyclic) bond motifs is 1. The smallest absolute Gasteiger partial charge is 0.229 e. The highest BCUT2D eigenvalue weighted by Crippen LogP contribution is 2.34. The molecule has 2 aromatic rings. The third-order valence-corrected chi connectivity index (χ3v) is 5.71. The summed E-state index contributed by atoms with van der Waals surface area (Å²) in [6.45, 7) is 6.44. The van der Waals surface area contributed by atoms with Gasteiger partial charge in [-0.15, -0.1) is 11.3 Å². The van der Waals surface area contributed by atoms with Gasteiger partial charge in [-0.2, -0.15) is 5.26 Å². The Morgan fingerprint density at radius 2 is 2.12 bits per heavy atom. The fraction of sp³-hybridized carbons (Fsp3) is 0.368. The topological polar surface area (TPSA) is 57.3 Å². The Hall–Kier alpha value is -2.16. The van der Waals surface area contributed by atoms with Crippen molar-refractivity contribution in [3.8, 4) is 6.07 Å². The van der Waals surface area contributed by atoms with Crippen molar-refractivity contribution in [2.45, 2.75) is 39.3 Å². The number of anilines is 1. The molecule has 0 saturated heterocycles. The number of amides is 1. The molecule has 5 heteroatoms. The van der Waals surface area contributed by atoms with Gasteiger partial charge in [0.2, 0.25) is 5.91 Å². The van der Waals surface area contributed by atoms with Gasteiger partial charge in [-0.3, -0.25) is 4.79 Å². The lowest BCUT2D eigenvalue weighted by Crippen LogP contribution is -3.14. The molecule has 3 rings (SSSR count). The molecule has 1 aromatic carbocycles. The van der Waals surface area contributed by atoms with E-state index in [1.807, 2.05) is 30.3 Å². The Kier molecular flexibility index (Phi) is 4.98. The van der Waals surface area contributed by atoms with Crippen molar-refractivity contribution in [1.29, 1.82) is 5.26 Å². The van der Waals surface area contributed by atoms with E-state index in [0.29, 0.717) is 23.0 Å². The molecule has 1 aliphatic rings. The van der Waals surface area contributed by atoms with Crippen LogP contribution in [-0.4, -0.2) is 18.5 Å². The van der Waals surface area contributed by atoms with E-state index in [1.54, 1.807) is 11.3 Å². The monoisotopic (exact) mass is 340 g/mol. The highest BCUT2D eigenvalue weighted by Gasteiger charge is 2.28. The van der Waals surface area contributed by atoms with Gasteiger partial charge in [0.05, 0.1) is 29.4 Å². The van der Waals surface area contributed by atoms with Crippen LogP contribution in [0.3, 0.4) is 0 Å². The minimum atomic E-state index is -0.0654. The van der Waals surface area contributed by atoms with Crippen molar-refractivity contribution in [2.24, 2.45) is 0 Å². The number of carbonyl (C=O) groups is 1. The van der Waals surface area contributed by atoms with Crippen LogP contribution in [0.2, 0.25) is 0 Å². The summed E-state index contributed by atoms with van der Waals surface area (Å²) in [6, 6.07) is 12.5. The number of thiophene rings is 1. The number of benzene rings is 1. The van der Waals surface area contributed by atoms with Crippen molar-refractivity contribution in [3.05, 3.63) is 51.9 Å². The molecule has 0 fully saturated rings. The van der Waals surface area contributed by atoms with Crippen LogP contribution in [0.15, 0.2) is 30.3 Å². The van der Waals surface area contributed by atoms with Gasteiger partial charge in [-0.05, 0) is 25.0 Å². The molecular formula is C19H22N3OS+. The van der Waals surface area contributed by atoms with E-state index >= 15 is 0 Å². The molecule has 0 aliphatic carbocycles. The zero-order valence-electron chi connectivity index (χ0n) is 14.1. The zero-order valence-corrected chi connectivity index (χ0v) is 14.9. The predicted molar refractivity (Wildman–Crippen MR) is 96.2 cm³/mol. The van der Waals surface area contributed by atoms with E-state index in [2.05, 4.69) is 25.2 Å². The van der Waals surface area contributed by atoms with Gasteiger partial charge in [0.25, 0.3) is 0 Å². The van der Waals surface area contributed by atoms with Crippen LogP contribution in [0.25, 0.3) is 0 Å². The van der Waals surface area contributed by atoms with Crippen molar-refractivity contribution in [1.82, 2.24) is 0 Å². The fourth-order valence-electron chi connectivity index (χ4n) is 3.15. The van der Waals surface area contributed by atoms with Crippen LogP contribution < -0.4 is 10.2 Å². The van der Waals surface area contributed by atoms with Gasteiger partial charge in [0.15, 0.2) is 0 Å². The summed E-state index contributed by atoms with van der Waals surface area (Å²) in [5.74, 6) is -0.0654. The maximum Gasteiger partial charge on any atom is 0.229 e. The SMILES string of the molecule is CC(C)[NH+]1CCc2c(sc(NC(=O)Cc3ccccc3)c2C#N)C1. The molecule has 124 valence electrons. The maximum absolute atomic E-state index is 12.3. The number of hydrogen-bond donors (Lipinski definition) is 2. The molecule has 2 heterocycles. The number of nitriles is 1. The van der Waals surface area contributed by atoms with Crippen LogP contribution in [-0.2, 0) is 24.2 Å². The molecule has 0 radical (unpaired) electrons. The van der Waals surface area contributed by atoms with Crippen molar-refractivity contribution in [2.75, 3.05) is 11.9 Å². The molecule has 0 bridgehead atoms. The van der Waals surface area contributed by atoms with Gasteiger partial charge in [0, 0.05) is 6.42 Å². The van der Waals surface area contributed by atoms with Crippen LogP contribution >= 0.6 is 11.3 Å². The first kappa shape index (κ1) is 16.7. The van der Waals surface area contributed by atoms with E-state index in [9.17, 15) is 10.1 Å². The molecule has 1 amide bonds. The highest BCUT2D eigenvalue weighted by atomic mass is 32.1. The van der Waals surface area contributed by atoms with E-state index in [4.69, 9.17) is 0 Å². The van der Waals surface area contributed by atoms with Crippen molar-refractivity contribution < 1.29 is 9.69 Å². The molecule has 24 heavy (non-hydrogen) atoms. The zero-order chi connectivity index (χ0) is 17.1. The Labute approximate surface area is 146 Å². The molecule has 0 spiro atoms. The summed E-state index contributed by atoms with van der Waals surface area (Å²) < 4.78 is 0. The Morgan fingerprint density at radius 1 is 1.38 bits per heavy atom. The van der Waals surface area contributed by atoms with Gasteiger partial charge >= 0.3 is 0 Å². The van der Waals surface area contributed by atoms with Gasteiger partial charge < -0.3 is 10.2 Å². The molecule has 1 aliphatic heterocycles. The van der Waals surface area contributed by atoms with E-state index in [-0.39, 0.29) is 5.91 Å². The second kappa shape index (κ2) is 7.16. The summed E-state index contributed by atoms with van der Waals surface area (Å²) in [6.07, 6.45) is 1.24. The van der Waals surface area contributed by atoms with E-state index in [1.165, 1.54) is 9.78 Å². The standard InChI is InChI=1S/C19H21N3OS/c1-13(2)22-9-8-15-16(11-20)19(24-17(15)12-22)21-18(23)10-14-6-4-3-5-7-14/h3-7,13H,8-10,12H2,1-2H3,(H,21,23)/p+1. The molecule has 1 unspecified atom stereocenters. The number of rotatable bonds is 4. The summed E-state index contributed by atoms with van der Waals surface area (Å²) in [5, 5.41) is 13.2. The van der Waals surface area contributed by atoms with Crippen LogP contribution in [0.1, 0.15) is 35.4 Å². The lowest BCUT2D eigenvalue weighted by Gasteiger charge is -2.27. The van der Waals surface area contributed by atoms with E-state index in [0.717, 1.165) is 30.6 Å². The number of quaternary nitrogens is 1. The van der Waals surface area contributed by atoms with E-state index < -0.39 is 0 Å². The number of hydrogen-bond acceptors (Lipinski definition) is 3. The second-order valence-corrected chi connectivity index (χ2v) is 7.63. The lowest BCUT2D eigenvalue weighted by atomic mass is 10.0. The number of carbonyl (C=O) groups excluding carboxylic acids is 1. The third-order valence-electron chi connectivity index (χ3n) is 4.56. The quantitative estimate of drug-likeness (QED) is 0.896. The van der Waals surface area contributed by atoms with Gasteiger partial charge in [-0.25, -0.2) is 0 Å². The second-order valence-electron chi connectivity index (χ2n) is 6.52. The largest absolute Gasteiger partial charge is 0.328 e. The van der Waals surface area contributed by atoms with Crippen molar-refractivity contribution >= 4 is 22.2 Å². The molecule has 0 saturated carbocycles. The molecule has 2 N–H and O–H groups in total. The first-order valence-electron chi connectivity index (χ1n) is 8.31. The van der Waals surface area contributed by atoms with Crippen molar-refractivity contribution in [3.63, 3.8) is 0 Å². The van der Waals surface area contributed by atoms with Crippen LogP contribution in [0.4, 0.5) is 5.00 Å². The normalized spacial score (nSPS) is 16.5. The molecular weight excluding hydrogens is 318 g/mol. The van der Waals surface area contributed by atoms with Crippen LogP contribution in [0, 0.1) is 11.3 Å². The summed E-state index contributed by atoms with van der Waals surface area (Å²) in [4.78, 5) is 15.1. The highest BCUT2D eigenvalue weighted by molar-refractivity contribution is 7.16. The first-order chi connectivity index (χ1) is 11.6. The molecule has 1 aromatic heterocycles. The average molecular weight is 340 g/mol. The van der Waals surface area contributed by atoms with Crippen LogP contribution in [0.5, 0.6) is 0 Å². The number of nitrogens with zero attached hydrogens (tertiary/aromatic N) is 1. The minimum absolute atomic E-state index is 0.0654. The predicted octanol–water partition coefficient (Wildman–Crippen LogP) is 2.15. The average Bonchev–Trinajstić information content (AvgIpc) is 2.91. The number of nitrogens with one attached hydrogen (secondary N) is 2. The fourth-order valence-corrected chi connectivity index (χ4v) is 4.42. The minimum Gasteiger partial charge on any atom is -0.328 e. The molecule has 1 atom stereocenters. The maximum atomic E-state index is 12.3. The lowest BCUT2D eigenvalue weighted by molar-refractivity contribution is -0.936. The summed E-state index contributed by atoms with van der Waals surface area (Å²) in [5.41, 5.74) is 2.78. The van der Waals surface area contributed by atoms with Gasteiger partial charge in [0.1, 0.15) is 17.6 Å². The Bertz CT molecular complexity index is 774. The summed E-state index contributed by atoms with van der Waals surface area (Å²) in [7, 11) is 0. The Morgan fingerprint density at radius 3 is 2.79 bits per heavy atom.